The minimum Gasteiger partial charge on any atom is -0.356 e. The summed E-state index contributed by atoms with van der Waals surface area (Å²) >= 11 is 5.85. The van der Waals surface area contributed by atoms with Gasteiger partial charge >= 0.3 is 0 Å². The zero-order valence-corrected chi connectivity index (χ0v) is 11.6. The summed E-state index contributed by atoms with van der Waals surface area (Å²) in [7, 11) is 0. The Labute approximate surface area is 117 Å². The highest BCUT2D eigenvalue weighted by atomic mass is 35.5. The molecular weight excluding hydrogens is 260 g/mol. The first kappa shape index (κ1) is 12.6. The molecule has 1 saturated heterocycles. The first-order chi connectivity index (χ1) is 9.36. The van der Waals surface area contributed by atoms with Crippen LogP contribution in [0.5, 0.6) is 0 Å². The summed E-state index contributed by atoms with van der Waals surface area (Å²) in [5, 5.41) is 0. The van der Waals surface area contributed by atoms with Crippen molar-refractivity contribution >= 4 is 28.6 Å². The highest BCUT2D eigenvalue weighted by Gasteiger charge is 2.20. The number of nitrogens with zero attached hydrogens (tertiary/aromatic N) is 4. The average molecular weight is 277 g/mol. The van der Waals surface area contributed by atoms with Crippen LogP contribution in [0.25, 0.3) is 11.2 Å². The van der Waals surface area contributed by atoms with Crippen molar-refractivity contribution < 1.29 is 0 Å². The van der Waals surface area contributed by atoms with Gasteiger partial charge in [-0.2, -0.15) is 0 Å². The number of halogens is 1. The normalized spacial score (nSPS) is 19.8. The second kappa shape index (κ2) is 5.70. The number of fused-ring (bicyclic) bond motifs is 1. The number of rotatable bonds is 3. The minimum absolute atomic E-state index is 0.686. The summed E-state index contributed by atoms with van der Waals surface area (Å²) in [4.78, 5) is 15.5. The topological polar surface area (TPSA) is 41.9 Å². The molecule has 0 aromatic carbocycles. The van der Waals surface area contributed by atoms with Gasteiger partial charge in [0.15, 0.2) is 5.65 Å². The zero-order chi connectivity index (χ0) is 13.1. The standard InChI is InChI=1S/C14H17ClN4/c15-6-5-11-2-1-9-19(10-11)13-4-3-12-14(18-13)17-8-7-16-12/h3-4,7-8,11H,1-2,5-6,9-10H2. The molecule has 1 aliphatic heterocycles. The number of hydrogen-bond acceptors (Lipinski definition) is 4. The van der Waals surface area contributed by atoms with Gasteiger partial charge < -0.3 is 4.90 Å². The molecule has 1 fully saturated rings. The van der Waals surface area contributed by atoms with Gasteiger partial charge in [0.1, 0.15) is 11.3 Å². The lowest BCUT2D eigenvalue weighted by Crippen LogP contribution is -2.36. The molecule has 19 heavy (non-hydrogen) atoms. The summed E-state index contributed by atoms with van der Waals surface area (Å²) in [6.07, 6.45) is 6.95. The highest BCUT2D eigenvalue weighted by molar-refractivity contribution is 6.17. The number of aromatic nitrogens is 3. The summed E-state index contributed by atoms with van der Waals surface area (Å²) in [6.45, 7) is 2.11. The third kappa shape index (κ3) is 2.78. The van der Waals surface area contributed by atoms with Gasteiger partial charge in [0.05, 0.1) is 0 Å². The van der Waals surface area contributed by atoms with Crippen LogP contribution in [0.15, 0.2) is 24.5 Å². The molecule has 0 aliphatic carbocycles. The van der Waals surface area contributed by atoms with E-state index in [2.05, 4.69) is 19.9 Å². The Balaban J connectivity index is 1.83. The summed E-state index contributed by atoms with van der Waals surface area (Å²) < 4.78 is 0. The maximum Gasteiger partial charge on any atom is 0.180 e. The van der Waals surface area contributed by atoms with Crippen LogP contribution in [0.2, 0.25) is 0 Å². The van der Waals surface area contributed by atoms with Crippen LogP contribution >= 0.6 is 11.6 Å². The first-order valence-electron chi connectivity index (χ1n) is 6.75. The molecule has 2 aromatic rings. The fourth-order valence-electron chi connectivity index (χ4n) is 2.68. The Morgan fingerprint density at radius 2 is 2.16 bits per heavy atom. The van der Waals surface area contributed by atoms with Crippen molar-refractivity contribution in [2.24, 2.45) is 5.92 Å². The third-order valence-electron chi connectivity index (χ3n) is 3.68. The molecule has 5 heteroatoms. The van der Waals surface area contributed by atoms with Crippen LogP contribution in [-0.2, 0) is 0 Å². The van der Waals surface area contributed by atoms with E-state index in [9.17, 15) is 0 Å². The van der Waals surface area contributed by atoms with Gasteiger partial charge in [-0.15, -0.1) is 11.6 Å². The Kier molecular flexibility index (Phi) is 3.78. The molecule has 100 valence electrons. The van der Waals surface area contributed by atoms with Gasteiger partial charge in [0.25, 0.3) is 0 Å². The lowest BCUT2D eigenvalue weighted by Gasteiger charge is -2.33. The number of piperidine rings is 1. The van der Waals surface area contributed by atoms with E-state index < -0.39 is 0 Å². The molecule has 1 unspecified atom stereocenters. The van der Waals surface area contributed by atoms with Crippen molar-refractivity contribution in [2.45, 2.75) is 19.3 Å². The lowest BCUT2D eigenvalue weighted by molar-refractivity contribution is 0.405. The summed E-state index contributed by atoms with van der Waals surface area (Å²) in [6, 6.07) is 4.04. The van der Waals surface area contributed by atoms with E-state index in [1.807, 2.05) is 12.1 Å². The molecular formula is C14H17ClN4. The number of hydrogen-bond donors (Lipinski definition) is 0. The Morgan fingerprint density at radius 3 is 3.05 bits per heavy atom. The van der Waals surface area contributed by atoms with Gasteiger partial charge in [0, 0.05) is 31.4 Å². The summed E-state index contributed by atoms with van der Waals surface area (Å²) in [5.41, 5.74) is 1.57. The first-order valence-corrected chi connectivity index (χ1v) is 7.29. The maximum absolute atomic E-state index is 5.85. The molecule has 2 aromatic heterocycles. The molecule has 1 aliphatic rings. The van der Waals surface area contributed by atoms with Crippen LogP contribution in [0.4, 0.5) is 5.82 Å². The van der Waals surface area contributed by atoms with Crippen molar-refractivity contribution in [1.29, 1.82) is 0 Å². The highest BCUT2D eigenvalue weighted by Crippen LogP contribution is 2.24. The molecule has 0 radical (unpaired) electrons. The van der Waals surface area contributed by atoms with E-state index >= 15 is 0 Å². The second-order valence-electron chi connectivity index (χ2n) is 5.00. The number of alkyl halides is 1. The smallest absolute Gasteiger partial charge is 0.180 e. The third-order valence-corrected chi connectivity index (χ3v) is 3.90. The fraction of sp³-hybridized carbons (Fsp3) is 0.500. The SMILES string of the molecule is ClCCC1CCCN(c2ccc3nccnc3n2)C1. The molecule has 1 atom stereocenters. The van der Waals surface area contributed by atoms with Gasteiger partial charge in [0.2, 0.25) is 0 Å². The average Bonchev–Trinajstić information content (AvgIpc) is 2.47. The predicted molar refractivity (Wildman–Crippen MR) is 77.6 cm³/mol. The lowest BCUT2D eigenvalue weighted by atomic mass is 9.95. The molecule has 0 saturated carbocycles. The predicted octanol–water partition coefficient (Wildman–Crippen LogP) is 2.87. The zero-order valence-electron chi connectivity index (χ0n) is 10.8. The quantitative estimate of drug-likeness (QED) is 0.809. The second-order valence-corrected chi connectivity index (χ2v) is 5.38. The van der Waals surface area contributed by atoms with Crippen LogP contribution in [0, 0.1) is 5.92 Å². The van der Waals surface area contributed by atoms with Crippen molar-refractivity contribution in [3.63, 3.8) is 0 Å². The van der Waals surface area contributed by atoms with Crippen LogP contribution in [-0.4, -0.2) is 33.9 Å². The van der Waals surface area contributed by atoms with Gasteiger partial charge in [-0.3, -0.25) is 4.98 Å². The van der Waals surface area contributed by atoms with Crippen molar-refractivity contribution in [3.05, 3.63) is 24.5 Å². The molecule has 4 nitrogen and oxygen atoms in total. The van der Waals surface area contributed by atoms with E-state index in [1.54, 1.807) is 12.4 Å². The van der Waals surface area contributed by atoms with E-state index in [-0.39, 0.29) is 0 Å². The van der Waals surface area contributed by atoms with E-state index in [0.29, 0.717) is 5.92 Å². The minimum atomic E-state index is 0.686. The number of anilines is 1. The Morgan fingerprint density at radius 1 is 1.26 bits per heavy atom. The monoisotopic (exact) mass is 276 g/mol. The van der Waals surface area contributed by atoms with E-state index in [1.165, 1.54) is 12.8 Å². The van der Waals surface area contributed by atoms with E-state index in [0.717, 1.165) is 42.4 Å². The van der Waals surface area contributed by atoms with Crippen LogP contribution < -0.4 is 4.90 Å². The van der Waals surface area contributed by atoms with Crippen molar-refractivity contribution in [2.75, 3.05) is 23.9 Å². The molecule has 0 bridgehead atoms. The largest absolute Gasteiger partial charge is 0.356 e. The maximum atomic E-state index is 5.85. The molecule has 3 heterocycles. The van der Waals surface area contributed by atoms with Crippen LogP contribution in [0.1, 0.15) is 19.3 Å². The molecule has 0 amide bonds. The number of pyridine rings is 1. The van der Waals surface area contributed by atoms with E-state index in [4.69, 9.17) is 11.6 Å². The molecule has 3 rings (SSSR count). The van der Waals surface area contributed by atoms with Gasteiger partial charge in [-0.25, -0.2) is 9.97 Å². The fourth-order valence-corrected chi connectivity index (χ4v) is 2.99. The molecule has 0 spiro atoms. The van der Waals surface area contributed by atoms with Gasteiger partial charge in [-0.1, -0.05) is 0 Å². The Hall–Kier alpha value is -1.42. The van der Waals surface area contributed by atoms with Crippen molar-refractivity contribution in [3.8, 4) is 0 Å². The summed E-state index contributed by atoms with van der Waals surface area (Å²) in [5.74, 6) is 2.44. The Bertz CT molecular complexity index is 558. The van der Waals surface area contributed by atoms with Crippen LogP contribution in [0.3, 0.4) is 0 Å². The van der Waals surface area contributed by atoms with Crippen molar-refractivity contribution in [1.82, 2.24) is 15.0 Å². The molecule has 0 N–H and O–H groups in total. The van der Waals surface area contributed by atoms with Gasteiger partial charge in [-0.05, 0) is 37.3 Å².